The van der Waals surface area contributed by atoms with E-state index in [0.29, 0.717) is 25.6 Å². The van der Waals surface area contributed by atoms with Crippen LogP contribution in [0.15, 0.2) is 36.5 Å². The standard InChI is InChI=1S/C19H26N4O2/c1-15-4-2-6-17(12-15)25-11-9-20-19(24)14-23-10-3-5-16(13-23)18-7-8-21-22-18/h2,4,6-8,12,16H,3,5,9-11,13-14H2,1H3,(H,20,24)(H,21,22)/t16-/m0/s1. The van der Waals surface area contributed by atoms with Crippen LogP contribution in [0.25, 0.3) is 0 Å². The van der Waals surface area contributed by atoms with Gasteiger partial charge in [0.2, 0.25) is 5.91 Å². The maximum Gasteiger partial charge on any atom is 0.234 e. The number of nitrogens with one attached hydrogen (secondary N) is 2. The molecule has 1 aromatic carbocycles. The molecule has 0 radical (unpaired) electrons. The molecule has 0 unspecified atom stereocenters. The number of carbonyl (C=O) groups excluding carboxylic acids is 1. The second kappa shape index (κ2) is 8.67. The number of hydrogen-bond acceptors (Lipinski definition) is 4. The number of likely N-dealkylation sites (tertiary alicyclic amines) is 1. The van der Waals surface area contributed by atoms with Gasteiger partial charge in [-0.2, -0.15) is 5.10 Å². The third-order valence-corrected chi connectivity index (χ3v) is 4.52. The highest BCUT2D eigenvalue weighted by molar-refractivity contribution is 5.78. The Balaban J connectivity index is 1.36. The van der Waals surface area contributed by atoms with E-state index in [0.717, 1.165) is 37.4 Å². The minimum Gasteiger partial charge on any atom is -0.492 e. The van der Waals surface area contributed by atoms with Crippen LogP contribution in [0.3, 0.4) is 0 Å². The van der Waals surface area contributed by atoms with Crippen molar-refractivity contribution >= 4 is 5.91 Å². The third kappa shape index (κ3) is 5.32. The summed E-state index contributed by atoms with van der Waals surface area (Å²) >= 11 is 0. The van der Waals surface area contributed by atoms with Gasteiger partial charge < -0.3 is 10.1 Å². The van der Waals surface area contributed by atoms with Crippen molar-refractivity contribution in [2.24, 2.45) is 0 Å². The molecule has 25 heavy (non-hydrogen) atoms. The highest BCUT2D eigenvalue weighted by atomic mass is 16.5. The maximum atomic E-state index is 12.1. The van der Waals surface area contributed by atoms with Crippen LogP contribution >= 0.6 is 0 Å². The van der Waals surface area contributed by atoms with Gasteiger partial charge in [0.25, 0.3) is 0 Å². The summed E-state index contributed by atoms with van der Waals surface area (Å²) in [6, 6.07) is 9.94. The van der Waals surface area contributed by atoms with Crippen molar-refractivity contribution in [3.05, 3.63) is 47.8 Å². The Labute approximate surface area is 148 Å². The molecule has 1 saturated heterocycles. The minimum absolute atomic E-state index is 0.0538. The number of ether oxygens (including phenoxy) is 1. The number of aryl methyl sites for hydroxylation is 1. The molecule has 1 aliphatic heterocycles. The van der Waals surface area contributed by atoms with Gasteiger partial charge >= 0.3 is 0 Å². The van der Waals surface area contributed by atoms with E-state index < -0.39 is 0 Å². The fourth-order valence-corrected chi connectivity index (χ4v) is 3.27. The van der Waals surface area contributed by atoms with Gasteiger partial charge in [-0.1, -0.05) is 12.1 Å². The number of carbonyl (C=O) groups is 1. The Hall–Kier alpha value is -2.34. The van der Waals surface area contributed by atoms with Gasteiger partial charge in [0.05, 0.1) is 13.1 Å². The van der Waals surface area contributed by atoms with Crippen LogP contribution in [0, 0.1) is 6.92 Å². The van der Waals surface area contributed by atoms with Crippen LogP contribution in [0.5, 0.6) is 5.75 Å². The number of amides is 1. The maximum absolute atomic E-state index is 12.1. The van der Waals surface area contributed by atoms with Crippen LogP contribution in [-0.2, 0) is 4.79 Å². The molecule has 6 heteroatoms. The molecule has 0 spiro atoms. The summed E-state index contributed by atoms with van der Waals surface area (Å²) in [5.74, 6) is 1.33. The van der Waals surface area contributed by atoms with Crippen molar-refractivity contribution in [2.75, 3.05) is 32.8 Å². The fraction of sp³-hybridized carbons (Fsp3) is 0.474. The Morgan fingerprint density at radius 1 is 1.44 bits per heavy atom. The second-order valence-corrected chi connectivity index (χ2v) is 6.60. The minimum atomic E-state index is 0.0538. The smallest absolute Gasteiger partial charge is 0.234 e. The Morgan fingerprint density at radius 3 is 3.16 bits per heavy atom. The van der Waals surface area contributed by atoms with Gasteiger partial charge in [-0.05, 0) is 50.1 Å². The molecule has 2 aromatic rings. The van der Waals surface area contributed by atoms with E-state index in [9.17, 15) is 4.79 Å². The van der Waals surface area contributed by atoms with E-state index in [-0.39, 0.29) is 5.91 Å². The normalized spacial score (nSPS) is 18.0. The van der Waals surface area contributed by atoms with E-state index in [4.69, 9.17) is 4.74 Å². The molecule has 1 amide bonds. The summed E-state index contributed by atoms with van der Waals surface area (Å²) in [7, 11) is 0. The Morgan fingerprint density at radius 2 is 2.36 bits per heavy atom. The lowest BCUT2D eigenvalue weighted by Crippen LogP contribution is -2.42. The zero-order valence-electron chi connectivity index (χ0n) is 14.7. The first-order chi connectivity index (χ1) is 12.2. The number of benzene rings is 1. The van der Waals surface area contributed by atoms with Crippen LogP contribution in [0.1, 0.15) is 30.0 Å². The number of rotatable bonds is 7. The second-order valence-electron chi connectivity index (χ2n) is 6.60. The largest absolute Gasteiger partial charge is 0.492 e. The number of aromatic amines is 1. The molecule has 1 aromatic heterocycles. The summed E-state index contributed by atoms with van der Waals surface area (Å²) in [5.41, 5.74) is 2.33. The Bertz CT molecular complexity index is 672. The molecule has 0 saturated carbocycles. The highest BCUT2D eigenvalue weighted by Gasteiger charge is 2.23. The highest BCUT2D eigenvalue weighted by Crippen LogP contribution is 2.24. The lowest BCUT2D eigenvalue weighted by Gasteiger charge is -2.31. The van der Waals surface area contributed by atoms with Gasteiger partial charge in [0, 0.05) is 24.4 Å². The van der Waals surface area contributed by atoms with Crippen molar-refractivity contribution in [1.82, 2.24) is 20.4 Å². The lowest BCUT2D eigenvalue weighted by atomic mass is 9.95. The molecule has 2 heterocycles. The summed E-state index contributed by atoms with van der Waals surface area (Å²) in [5, 5.41) is 10.0. The molecule has 1 aliphatic rings. The van der Waals surface area contributed by atoms with Gasteiger partial charge in [-0.25, -0.2) is 0 Å². The number of piperidine rings is 1. The summed E-state index contributed by atoms with van der Waals surface area (Å²) in [6.07, 6.45) is 4.04. The van der Waals surface area contributed by atoms with Crippen molar-refractivity contribution in [3.63, 3.8) is 0 Å². The Kier molecular flexibility index (Phi) is 6.06. The molecule has 2 N–H and O–H groups in total. The van der Waals surface area contributed by atoms with E-state index in [1.165, 1.54) is 5.56 Å². The first-order valence-electron chi connectivity index (χ1n) is 8.88. The summed E-state index contributed by atoms with van der Waals surface area (Å²) in [4.78, 5) is 14.4. The van der Waals surface area contributed by atoms with Crippen molar-refractivity contribution in [3.8, 4) is 5.75 Å². The summed E-state index contributed by atoms with van der Waals surface area (Å²) in [6.45, 7) is 5.34. The third-order valence-electron chi connectivity index (χ3n) is 4.52. The first kappa shape index (κ1) is 17.5. The number of H-pyrrole nitrogens is 1. The molecule has 6 nitrogen and oxygen atoms in total. The van der Waals surface area contributed by atoms with Crippen molar-refractivity contribution < 1.29 is 9.53 Å². The molecule has 134 valence electrons. The van der Waals surface area contributed by atoms with Crippen molar-refractivity contribution in [1.29, 1.82) is 0 Å². The van der Waals surface area contributed by atoms with Crippen molar-refractivity contribution in [2.45, 2.75) is 25.7 Å². The molecule has 1 atom stereocenters. The monoisotopic (exact) mass is 342 g/mol. The summed E-state index contributed by atoms with van der Waals surface area (Å²) < 4.78 is 5.65. The topological polar surface area (TPSA) is 70.2 Å². The number of nitrogens with zero attached hydrogens (tertiary/aromatic N) is 2. The van der Waals surface area contributed by atoms with Crippen LogP contribution in [0.4, 0.5) is 0 Å². The molecule has 3 rings (SSSR count). The van der Waals surface area contributed by atoms with E-state index in [1.807, 2.05) is 37.3 Å². The zero-order valence-corrected chi connectivity index (χ0v) is 14.7. The molecule has 1 fully saturated rings. The predicted molar refractivity (Wildman–Crippen MR) is 96.7 cm³/mol. The van der Waals surface area contributed by atoms with Gasteiger partial charge in [0.1, 0.15) is 12.4 Å². The van der Waals surface area contributed by atoms with E-state index in [2.05, 4.69) is 20.4 Å². The lowest BCUT2D eigenvalue weighted by molar-refractivity contribution is -0.122. The van der Waals surface area contributed by atoms with Crippen LogP contribution in [0.2, 0.25) is 0 Å². The van der Waals surface area contributed by atoms with Gasteiger partial charge in [-0.3, -0.25) is 14.8 Å². The van der Waals surface area contributed by atoms with Crippen LogP contribution in [-0.4, -0.2) is 53.8 Å². The molecule has 0 aliphatic carbocycles. The quantitative estimate of drug-likeness (QED) is 0.756. The van der Waals surface area contributed by atoms with Crippen LogP contribution < -0.4 is 10.1 Å². The fourth-order valence-electron chi connectivity index (χ4n) is 3.27. The average molecular weight is 342 g/mol. The predicted octanol–water partition coefficient (Wildman–Crippen LogP) is 2.09. The zero-order chi connectivity index (χ0) is 17.5. The van der Waals surface area contributed by atoms with Gasteiger partial charge in [0.15, 0.2) is 0 Å². The first-order valence-corrected chi connectivity index (χ1v) is 8.88. The number of hydrogen-bond donors (Lipinski definition) is 2. The SMILES string of the molecule is Cc1cccc(OCCNC(=O)CN2CCC[C@H](c3ccn[nH]3)C2)c1. The number of aromatic nitrogens is 2. The molecular weight excluding hydrogens is 316 g/mol. The van der Waals surface area contributed by atoms with E-state index >= 15 is 0 Å². The van der Waals surface area contributed by atoms with Gasteiger partial charge in [-0.15, -0.1) is 0 Å². The average Bonchev–Trinajstić information content (AvgIpc) is 3.14. The molecule has 0 bridgehead atoms. The molecular formula is C19H26N4O2. The van der Waals surface area contributed by atoms with E-state index in [1.54, 1.807) is 6.20 Å².